The summed E-state index contributed by atoms with van der Waals surface area (Å²) in [7, 11) is 0. The summed E-state index contributed by atoms with van der Waals surface area (Å²) < 4.78 is 49.8. The number of fused-ring (bicyclic) bond motifs is 1. The van der Waals surface area contributed by atoms with E-state index in [4.69, 9.17) is 9.47 Å². The van der Waals surface area contributed by atoms with Gasteiger partial charge >= 0.3 is 6.18 Å². The van der Waals surface area contributed by atoms with Gasteiger partial charge in [-0.3, -0.25) is 0 Å². The Morgan fingerprint density at radius 3 is 2.74 bits per heavy atom. The van der Waals surface area contributed by atoms with Crippen LogP contribution in [0.5, 0.6) is 11.5 Å². The molecule has 2 heterocycles. The van der Waals surface area contributed by atoms with Crippen molar-refractivity contribution in [2.45, 2.75) is 52.6 Å². The molecule has 1 unspecified atom stereocenters. The van der Waals surface area contributed by atoms with Gasteiger partial charge in [0, 0.05) is 29.5 Å². The first-order valence-corrected chi connectivity index (χ1v) is 10.7. The Balaban J connectivity index is 0.00000341. The highest BCUT2D eigenvalue weighted by atomic mass is 127. The van der Waals surface area contributed by atoms with Crippen molar-refractivity contribution in [3.8, 4) is 11.5 Å². The molecular weight excluding hydrogens is 544 g/mol. The molecule has 2 aromatic rings. The number of rotatable bonds is 7. The number of hydrogen-bond donors (Lipinski definition) is 2. The minimum absolute atomic E-state index is 0. The van der Waals surface area contributed by atoms with E-state index in [9.17, 15) is 13.2 Å². The van der Waals surface area contributed by atoms with E-state index in [-0.39, 0.29) is 36.6 Å². The Labute approximate surface area is 200 Å². The van der Waals surface area contributed by atoms with Gasteiger partial charge in [0.05, 0.1) is 19.7 Å². The highest BCUT2D eigenvalue weighted by Crippen LogP contribution is 2.35. The molecule has 0 radical (unpaired) electrons. The molecule has 1 aromatic carbocycles. The van der Waals surface area contributed by atoms with Crippen LogP contribution < -0.4 is 20.1 Å². The van der Waals surface area contributed by atoms with E-state index in [1.807, 2.05) is 32.9 Å². The standard InChI is InChI=1S/C20H25F3N4O2S.HI/c1-4-24-19(26-10-18-27-17(11-30-18)20(21,22)23)25-9-14-8-16-13(6-12(3)29-16)7-15(14)28-5-2;/h7-8,11-12H,4-6,9-10H2,1-3H3,(H2,24,25,26);1H. The van der Waals surface area contributed by atoms with Gasteiger partial charge in [0.2, 0.25) is 0 Å². The summed E-state index contributed by atoms with van der Waals surface area (Å²) in [6.07, 6.45) is -3.46. The molecular formula is C20H26F3IN4O2S. The average molecular weight is 570 g/mol. The maximum Gasteiger partial charge on any atom is 0.434 e. The number of aromatic nitrogens is 1. The summed E-state index contributed by atoms with van der Waals surface area (Å²) >= 11 is 0.961. The van der Waals surface area contributed by atoms with Crippen molar-refractivity contribution >= 4 is 41.3 Å². The Kier molecular flexibility index (Phi) is 9.22. The third-order valence-corrected chi connectivity index (χ3v) is 5.23. The van der Waals surface area contributed by atoms with Crippen LogP contribution in [0.15, 0.2) is 22.5 Å². The number of alkyl halides is 3. The van der Waals surface area contributed by atoms with E-state index < -0.39 is 11.9 Å². The van der Waals surface area contributed by atoms with Crippen molar-refractivity contribution < 1.29 is 22.6 Å². The predicted octanol–water partition coefficient (Wildman–Crippen LogP) is 4.76. The van der Waals surface area contributed by atoms with Gasteiger partial charge in [0.25, 0.3) is 0 Å². The van der Waals surface area contributed by atoms with Crippen molar-refractivity contribution in [3.63, 3.8) is 0 Å². The molecule has 0 saturated carbocycles. The topological polar surface area (TPSA) is 67.8 Å². The number of aliphatic imine (C=N–C) groups is 1. The first-order chi connectivity index (χ1) is 14.3. The van der Waals surface area contributed by atoms with Gasteiger partial charge < -0.3 is 20.1 Å². The summed E-state index contributed by atoms with van der Waals surface area (Å²) in [4.78, 5) is 8.18. The van der Waals surface area contributed by atoms with Crippen LogP contribution in [0.4, 0.5) is 13.2 Å². The zero-order valence-corrected chi connectivity index (χ0v) is 20.7. The molecule has 31 heavy (non-hydrogen) atoms. The molecule has 0 aliphatic carbocycles. The van der Waals surface area contributed by atoms with Crippen LogP contribution in [-0.4, -0.2) is 30.2 Å². The smallest absolute Gasteiger partial charge is 0.434 e. The van der Waals surface area contributed by atoms with Crippen LogP contribution in [-0.2, 0) is 25.7 Å². The normalized spacial score (nSPS) is 15.7. The highest BCUT2D eigenvalue weighted by molar-refractivity contribution is 14.0. The minimum atomic E-state index is -4.43. The van der Waals surface area contributed by atoms with Gasteiger partial charge in [-0.25, -0.2) is 9.98 Å². The third-order valence-electron chi connectivity index (χ3n) is 4.38. The zero-order valence-electron chi connectivity index (χ0n) is 17.5. The van der Waals surface area contributed by atoms with Crippen LogP contribution in [0, 0.1) is 0 Å². The van der Waals surface area contributed by atoms with E-state index in [0.717, 1.165) is 45.8 Å². The third kappa shape index (κ3) is 6.86. The zero-order chi connectivity index (χ0) is 21.7. The lowest BCUT2D eigenvalue weighted by atomic mass is 10.1. The SMILES string of the molecule is CCNC(=NCc1cc2c(cc1OCC)CC(C)O2)NCc1nc(C(F)(F)F)cs1.I. The van der Waals surface area contributed by atoms with Gasteiger partial charge in [-0.05, 0) is 32.9 Å². The summed E-state index contributed by atoms with van der Waals surface area (Å²) in [5.74, 6) is 2.10. The van der Waals surface area contributed by atoms with Crippen LogP contribution in [0.25, 0.3) is 0 Å². The van der Waals surface area contributed by atoms with Crippen molar-refractivity contribution in [2.24, 2.45) is 4.99 Å². The minimum Gasteiger partial charge on any atom is -0.494 e. The molecule has 6 nitrogen and oxygen atoms in total. The molecule has 0 amide bonds. The lowest BCUT2D eigenvalue weighted by Crippen LogP contribution is -2.36. The van der Waals surface area contributed by atoms with Crippen molar-refractivity contribution in [1.29, 1.82) is 0 Å². The number of nitrogens with zero attached hydrogens (tertiary/aromatic N) is 2. The molecule has 0 bridgehead atoms. The van der Waals surface area contributed by atoms with Crippen LogP contribution in [0.2, 0.25) is 0 Å². The Bertz CT molecular complexity index is 905. The second kappa shape index (κ2) is 11.2. The molecule has 1 aromatic heterocycles. The predicted molar refractivity (Wildman–Crippen MR) is 126 cm³/mol. The second-order valence-electron chi connectivity index (χ2n) is 6.81. The number of nitrogens with one attached hydrogen (secondary N) is 2. The van der Waals surface area contributed by atoms with Gasteiger partial charge in [-0.2, -0.15) is 13.2 Å². The molecule has 172 valence electrons. The fourth-order valence-corrected chi connectivity index (χ4v) is 3.82. The Morgan fingerprint density at radius 2 is 2.10 bits per heavy atom. The molecule has 1 aliphatic rings. The van der Waals surface area contributed by atoms with Crippen LogP contribution in [0.1, 0.15) is 42.6 Å². The lowest BCUT2D eigenvalue weighted by molar-refractivity contribution is -0.140. The van der Waals surface area contributed by atoms with Crippen molar-refractivity contribution in [2.75, 3.05) is 13.2 Å². The largest absolute Gasteiger partial charge is 0.494 e. The quantitative estimate of drug-likeness (QED) is 0.286. The van der Waals surface area contributed by atoms with E-state index in [0.29, 0.717) is 30.7 Å². The van der Waals surface area contributed by atoms with Gasteiger partial charge in [0.15, 0.2) is 11.7 Å². The van der Waals surface area contributed by atoms with Crippen LogP contribution in [0.3, 0.4) is 0 Å². The van der Waals surface area contributed by atoms with Gasteiger partial charge in [-0.15, -0.1) is 35.3 Å². The van der Waals surface area contributed by atoms with Gasteiger partial charge in [-0.1, -0.05) is 0 Å². The van der Waals surface area contributed by atoms with Crippen molar-refractivity contribution in [1.82, 2.24) is 15.6 Å². The second-order valence-corrected chi connectivity index (χ2v) is 7.75. The molecule has 1 atom stereocenters. The number of benzene rings is 1. The van der Waals surface area contributed by atoms with Gasteiger partial charge in [0.1, 0.15) is 22.6 Å². The summed E-state index contributed by atoms with van der Waals surface area (Å²) in [6, 6.07) is 3.95. The number of thiazole rings is 1. The number of halogens is 4. The number of hydrogen-bond acceptors (Lipinski definition) is 5. The first-order valence-electron chi connectivity index (χ1n) is 9.79. The lowest BCUT2D eigenvalue weighted by Gasteiger charge is -2.13. The Hall–Kier alpha value is -1.76. The molecule has 2 N–H and O–H groups in total. The molecule has 3 rings (SSSR count). The monoisotopic (exact) mass is 570 g/mol. The van der Waals surface area contributed by atoms with E-state index in [1.54, 1.807) is 0 Å². The fraction of sp³-hybridized carbons (Fsp3) is 0.500. The van der Waals surface area contributed by atoms with E-state index in [2.05, 4.69) is 20.6 Å². The Morgan fingerprint density at radius 1 is 1.32 bits per heavy atom. The summed E-state index contributed by atoms with van der Waals surface area (Å²) in [5.41, 5.74) is 1.13. The summed E-state index contributed by atoms with van der Waals surface area (Å²) in [5, 5.41) is 7.47. The highest BCUT2D eigenvalue weighted by Gasteiger charge is 2.33. The van der Waals surface area contributed by atoms with E-state index in [1.165, 1.54) is 0 Å². The van der Waals surface area contributed by atoms with Crippen molar-refractivity contribution in [3.05, 3.63) is 39.3 Å². The average Bonchev–Trinajstić information content (AvgIpc) is 3.29. The number of guanidine groups is 1. The van der Waals surface area contributed by atoms with E-state index >= 15 is 0 Å². The molecule has 1 aliphatic heterocycles. The molecule has 11 heteroatoms. The molecule has 0 saturated heterocycles. The van der Waals surface area contributed by atoms with Crippen LogP contribution >= 0.6 is 35.3 Å². The first kappa shape index (κ1) is 25.5. The molecule has 0 fully saturated rings. The molecule has 0 spiro atoms. The maximum absolute atomic E-state index is 12.7. The summed E-state index contributed by atoms with van der Waals surface area (Å²) in [6.45, 7) is 7.49. The fourth-order valence-electron chi connectivity index (χ4n) is 3.08. The number of ether oxygens (including phenoxy) is 2. The maximum atomic E-state index is 12.7.